The molecule has 32 heteroatoms. The van der Waals surface area contributed by atoms with Crippen LogP contribution in [0, 0.1) is 0 Å². The van der Waals surface area contributed by atoms with Crippen LogP contribution in [0.2, 0.25) is 0 Å². The van der Waals surface area contributed by atoms with Gasteiger partial charge in [0.25, 0.3) is 0 Å². The van der Waals surface area contributed by atoms with Gasteiger partial charge in [-0.05, 0) is 9.05 Å². The van der Waals surface area contributed by atoms with Crippen LogP contribution in [0.4, 0.5) is 116 Å². The van der Waals surface area contributed by atoms with Gasteiger partial charge in [0.1, 0.15) is 0 Å². The molecule has 0 amide bonds. The molecule has 0 bridgehead atoms. The van der Waals surface area contributed by atoms with Gasteiger partial charge in [0.2, 0.25) is 13.9 Å². The van der Waals surface area contributed by atoms with Crippen molar-refractivity contribution < 1.29 is 140 Å². The Hall–Kier alpha value is -3.32. The van der Waals surface area contributed by atoms with Crippen molar-refractivity contribution >= 4 is 24.6 Å². The number of halogens is 24. The van der Waals surface area contributed by atoms with Gasteiger partial charge < -0.3 is 4.84 Å². The quantitative estimate of drug-likeness (QED) is 0.172. The lowest BCUT2D eigenvalue weighted by atomic mass is 10.6. The van der Waals surface area contributed by atoms with Crippen LogP contribution < -0.4 is 5.90 Å². The number of carbonyl (C=O) groups is 4. The first kappa shape index (κ1) is 68.7. The molecule has 0 aromatic carbocycles. The van der Waals surface area contributed by atoms with Crippen molar-refractivity contribution in [3.05, 3.63) is 0 Å². The minimum atomic E-state index is -4.93. The van der Waals surface area contributed by atoms with Gasteiger partial charge in [-0.25, -0.2) is 40.7 Å². The van der Waals surface area contributed by atoms with E-state index < -0.39 is 76.4 Å². The van der Waals surface area contributed by atoms with Gasteiger partial charge in [-0.2, -0.15) is 54.2 Å². The number of rotatable bonds is 4. The molecule has 0 heterocycles. The van der Waals surface area contributed by atoms with Crippen LogP contribution >= 0.6 is 0 Å². The van der Waals surface area contributed by atoms with E-state index in [-0.39, 0.29) is 12.1 Å². The van der Waals surface area contributed by atoms with E-state index in [1.165, 1.54) is 0 Å². The van der Waals surface area contributed by atoms with Crippen LogP contribution in [0.15, 0.2) is 0 Å². The first-order valence-corrected chi connectivity index (χ1v) is 7.62. The van der Waals surface area contributed by atoms with E-state index in [4.69, 9.17) is 14.4 Å². The standard InChI is InChI=1S/C2F4O2.2C2H2F4.C2H2F3NO3.2CF2O.2CH2F2.CH4.FH/c3-1(7)2(4,5)8-6;2*3-1-2(4,5)6;3-2(4,9-5)1(7)8-6;2*2-1(3)4;2*2-1-3;;/h;2*1H2;6H2;;;2*1H2;1H4;1H. The van der Waals surface area contributed by atoms with E-state index in [1.807, 2.05) is 4.94 Å². The highest BCUT2D eigenvalue weighted by Gasteiger charge is 2.44. The third-order valence-corrected chi connectivity index (χ3v) is 1.07. The molecular weight excluding hydrogens is 738 g/mol. The summed E-state index contributed by atoms with van der Waals surface area (Å²) in [7, 11) is 0. The van der Waals surface area contributed by atoms with Crippen LogP contribution in [-0.4, -0.2) is 76.4 Å². The highest BCUT2D eigenvalue weighted by Crippen LogP contribution is 2.17. The van der Waals surface area contributed by atoms with Crippen molar-refractivity contribution in [2.75, 3.05) is 27.2 Å². The van der Waals surface area contributed by atoms with Crippen LogP contribution in [0.25, 0.3) is 0 Å². The van der Waals surface area contributed by atoms with Crippen LogP contribution in [0.1, 0.15) is 7.43 Å². The molecule has 0 aromatic heterocycles. The zero-order valence-electron chi connectivity index (χ0n) is 19.4. The number of hydrogen-bond donors (Lipinski definition) is 1. The number of alkyl halides is 16. The monoisotopic (exact) mass is 753 g/mol. The highest BCUT2D eigenvalue weighted by atomic mass is 19.4. The predicted octanol–water partition coefficient (Wildman–Crippen LogP) is 8.56. The van der Waals surface area contributed by atoms with Gasteiger partial charge in [0, 0.05) is 0 Å². The largest absolute Gasteiger partial charge is 0.487 e. The van der Waals surface area contributed by atoms with Crippen LogP contribution in [0.3, 0.4) is 0 Å². The fourth-order valence-electron chi connectivity index (χ4n) is 0.130. The maximum atomic E-state index is 11.4. The zero-order valence-corrected chi connectivity index (χ0v) is 19.4. The molecule has 0 saturated carbocycles. The molecule has 45 heavy (non-hydrogen) atoms. The fraction of sp³-hybridized carbons (Fsp3) is 0.692. The Morgan fingerprint density at radius 1 is 0.533 bits per heavy atom. The number of carbonyl (C=O) groups excluding carboxylic acids is 4. The molecule has 0 fully saturated rings. The lowest BCUT2D eigenvalue weighted by Gasteiger charge is -2.04. The van der Waals surface area contributed by atoms with E-state index in [0.29, 0.717) is 0 Å². The van der Waals surface area contributed by atoms with Crippen molar-refractivity contribution in [1.82, 2.24) is 0 Å². The molecule has 0 saturated heterocycles. The lowest BCUT2D eigenvalue weighted by Crippen LogP contribution is -2.33. The maximum Gasteiger partial charge on any atom is 0.487 e. The molecule has 0 radical (unpaired) electrons. The molecule has 0 unspecified atom stereocenters. The average molecular weight is 753 g/mol. The summed E-state index contributed by atoms with van der Waals surface area (Å²) in [4.78, 5) is 41.2. The second-order valence-electron chi connectivity index (χ2n) is 4.02. The smallest absolute Gasteiger partial charge is 0.367 e. The van der Waals surface area contributed by atoms with Gasteiger partial charge in [0.15, 0.2) is 13.3 Å². The van der Waals surface area contributed by atoms with Gasteiger partial charge in [0.05, 0.1) is 0 Å². The topological polar surface area (TPSA) is 122 Å². The second-order valence-corrected chi connectivity index (χ2v) is 4.02. The van der Waals surface area contributed by atoms with Crippen molar-refractivity contribution in [3.63, 3.8) is 0 Å². The third kappa shape index (κ3) is 118. The summed E-state index contributed by atoms with van der Waals surface area (Å²) < 4.78 is 237. The molecule has 8 nitrogen and oxygen atoms in total. The van der Waals surface area contributed by atoms with Crippen LogP contribution in [0.5, 0.6) is 0 Å². The lowest BCUT2D eigenvalue weighted by molar-refractivity contribution is -0.342. The van der Waals surface area contributed by atoms with Crippen LogP contribution in [-0.2, 0) is 24.3 Å². The molecule has 0 aromatic rings. The summed E-state index contributed by atoms with van der Waals surface area (Å²) in [6, 6.07) is -3.15. The summed E-state index contributed by atoms with van der Waals surface area (Å²) in [5, 5.41) is 0. The molecular formula is C13H15F24NO7. The molecule has 0 aliphatic rings. The summed E-state index contributed by atoms with van der Waals surface area (Å²) in [6.07, 6.45) is -24.4. The maximum absolute atomic E-state index is 11.4. The highest BCUT2D eigenvalue weighted by molar-refractivity contribution is 5.75. The Morgan fingerprint density at radius 2 is 0.689 bits per heavy atom. The Balaban J connectivity index is -0.0000000398. The Morgan fingerprint density at radius 3 is 0.711 bits per heavy atom. The first-order chi connectivity index (χ1) is 19.0. The van der Waals surface area contributed by atoms with Gasteiger partial charge in [-0.3, -0.25) is 9.50 Å². The summed E-state index contributed by atoms with van der Waals surface area (Å²) >= 11 is 0. The zero-order chi connectivity index (χ0) is 37.3. The summed E-state index contributed by atoms with van der Waals surface area (Å²) in [5.74, 6) is 1.67. The Labute approximate surface area is 231 Å². The summed E-state index contributed by atoms with van der Waals surface area (Å²) in [5.41, 5.74) is 0. The van der Waals surface area contributed by atoms with Crippen molar-refractivity contribution in [1.29, 1.82) is 0 Å². The van der Waals surface area contributed by atoms with E-state index in [0.717, 1.165) is 0 Å². The van der Waals surface area contributed by atoms with E-state index in [9.17, 15) is 106 Å². The predicted molar refractivity (Wildman–Crippen MR) is 93.4 cm³/mol. The molecule has 0 atom stereocenters. The molecule has 0 rings (SSSR count). The van der Waals surface area contributed by atoms with Gasteiger partial charge in [-0.15, -0.1) is 27.4 Å². The Kier molecular flexibility index (Phi) is 62.1. The fourth-order valence-corrected chi connectivity index (χ4v) is 0.130. The molecule has 0 aliphatic heterocycles. The number of hydrogen-bond acceptors (Lipinski definition) is 8. The van der Waals surface area contributed by atoms with Crippen molar-refractivity contribution in [2.45, 2.75) is 32.0 Å². The molecule has 282 valence electrons. The van der Waals surface area contributed by atoms with Gasteiger partial charge in [-0.1, -0.05) is 7.43 Å². The van der Waals surface area contributed by atoms with E-state index in [2.05, 4.69) is 10.7 Å². The first-order valence-electron chi connectivity index (χ1n) is 7.62. The minimum Gasteiger partial charge on any atom is -0.367 e. The molecule has 0 spiro atoms. The Bertz CT molecular complexity index is 626. The van der Waals surface area contributed by atoms with Crippen molar-refractivity contribution in [3.8, 4) is 0 Å². The normalized spacial score (nSPS) is 9.42. The van der Waals surface area contributed by atoms with E-state index in [1.54, 1.807) is 4.94 Å². The summed E-state index contributed by atoms with van der Waals surface area (Å²) in [6.45, 7) is -7.96. The van der Waals surface area contributed by atoms with E-state index >= 15 is 0 Å². The van der Waals surface area contributed by atoms with Crippen molar-refractivity contribution in [2.24, 2.45) is 5.90 Å². The SMILES string of the molecule is C.F.FCC(F)(F)F.FCC(F)(F)F.FCF.FCF.NOC(=O)C(F)(F)OF.O=C(F)C(F)(F)OF.O=C(F)F.O=C(F)F. The molecule has 0 aliphatic carbocycles. The average Bonchev–Trinajstić information content (AvgIpc) is 2.84. The minimum absolute atomic E-state index is 0. The number of nitrogens with two attached hydrogens (primary N) is 1. The second kappa shape index (κ2) is 40.7. The van der Waals surface area contributed by atoms with Gasteiger partial charge >= 0.3 is 49.2 Å². The molecule has 2 N–H and O–H groups in total. The third-order valence-electron chi connectivity index (χ3n) is 1.07.